The van der Waals surface area contributed by atoms with E-state index in [0.29, 0.717) is 32.4 Å². The van der Waals surface area contributed by atoms with Crippen LogP contribution in [0, 0.1) is 16.0 Å². The normalized spacial score (nSPS) is 21.6. The van der Waals surface area contributed by atoms with Gasteiger partial charge in [0.2, 0.25) is 3.79 Å². The minimum atomic E-state index is -1.68. The molecule has 1 aromatic heterocycles. The van der Waals surface area contributed by atoms with Crippen LogP contribution in [0.1, 0.15) is 23.2 Å². The number of fused-ring (bicyclic) bond motifs is 4. The second-order valence-corrected chi connectivity index (χ2v) is 11.9. The van der Waals surface area contributed by atoms with Crippen molar-refractivity contribution in [2.24, 2.45) is 5.92 Å². The molecule has 1 aliphatic carbocycles. The zero-order valence-corrected chi connectivity index (χ0v) is 21.7. The third-order valence-corrected chi connectivity index (χ3v) is 7.77. The number of halogens is 3. The number of H-pyrrole nitrogens is 1. The molecule has 1 fully saturated rings. The van der Waals surface area contributed by atoms with Gasteiger partial charge in [-0.05, 0) is 54.5 Å². The Balaban J connectivity index is 1.53. The lowest BCUT2D eigenvalue weighted by Gasteiger charge is -2.50. The molecular formula is C25H24Cl3N3O5. The van der Waals surface area contributed by atoms with Gasteiger partial charge in [0, 0.05) is 41.7 Å². The molecule has 11 heteroatoms. The largest absolute Gasteiger partial charge is 0.497 e. The van der Waals surface area contributed by atoms with Crippen LogP contribution in [0.15, 0.2) is 42.5 Å². The topological polar surface area (TPSA) is 97.7 Å². The van der Waals surface area contributed by atoms with Gasteiger partial charge in [0.05, 0.1) is 17.5 Å². The minimum Gasteiger partial charge on any atom is -0.497 e. The van der Waals surface area contributed by atoms with E-state index in [1.807, 2.05) is 12.1 Å². The van der Waals surface area contributed by atoms with E-state index >= 15 is 0 Å². The fourth-order valence-corrected chi connectivity index (χ4v) is 5.90. The van der Waals surface area contributed by atoms with Crippen molar-refractivity contribution in [3.8, 4) is 5.75 Å². The van der Waals surface area contributed by atoms with Crippen molar-refractivity contribution in [3.05, 3.63) is 69.4 Å². The third kappa shape index (κ3) is 4.58. The molecule has 2 unspecified atom stereocenters. The Morgan fingerprint density at radius 1 is 1.28 bits per heavy atom. The van der Waals surface area contributed by atoms with Crippen LogP contribution in [0.25, 0.3) is 10.9 Å². The summed E-state index contributed by atoms with van der Waals surface area (Å²) in [5.41, 5.74) is 3.85. The van der Waals surface area contributed by atoms with Crippen LogP contribution in [0.5, 0.6) is 5.75 Å². The smallest absolute Gasteiger partial charge is 0.409 e. The number of aromatic nitrogens is 1. The van der Waals surface area contributed by atoms with Crippen LogP contribution in [0.4, 0.5) is 10.5 Å². The standard InChI is InChI=1S/C25H24Cl3N3O5/c1-35-18-4-2-3-15(9-18)24-7-8-30(23(32)36-14-25(26,27)28)13-16(24)10-20-19-6-5-17(31(33)34)11-21(19)29-22(20)12-24/h2-6,9,11,16,29H,7-8,10,12-14H2,1H3. The minimum absolute atomic E-state index is 0.0453. The summed E-state index contributed by atoms with van der Waals surface area (Å²) in [7, 11) is 1.64. The number of nitrogens with one attached hydrogen (secondary N) is 1. The second kappa shape index (κ2) is 9.32. The Morgan fingerprint density at radius 2 is 2.08 bits per heavy atom. The van der Waals surface area contributed by atoms with Crippen LogP contribution < -0.4 is 4.74 Å². The van der Waals surface area contributed by atoms with Gasteiger partial charge in [-0.15, -0.1) is 0 Å². The number of nitrogens with zero attached hydrogens (tertiary/aromatic N) is 2. The monoisotopic (exact) mass is 551 g/mol. The van der Waals surface area contributed by atoms with E-state index in [9.17, 15) is 14.9 Å². The van der Waals surface area contributed by atoms with E-state index in [-0.39, 0.29) is 23.6 Å². The number of likely N-dealkylation sites (tertiary alicyclic amines) is 1. The van der Waals surface area contributed by atoms with Crippen molar-refractivity contribution < 1.29 is 19.2 Å². The molecule has 2 aliphatic rings. The van der Waals surface area contributed by atoms with E-state index in [4.69, 9.17) is 44.3 Å². The van der Waals surface area contributed by atoms with E-state index < -0.39 is 14.8 Å². The van der Waals surface area contributed by atoms with E-state index in [0.717, 1.165) is 33.5 Å². The fraction of sp³-hybridized carbons (Fsp3) is 0.400. The molecule has 2 heterocycles. The van der Waals surface area contributed by atoms with Gasteiger partial charge in [0.15, 0.2) is 0 Å². The molecule has 1 aliphatic heterocycles. The van der Waals surface area contributed by atoms with Gasteiger partial charge in [-0.1, -0.05) is 46.9 Å². The average molecular weight is 553 g/mol. The number of benzene rings is 2. The summed E-state index contributed by atoms with van der Waals surface area (Å²) in [6.07, 6.45) is 1.59. The average Bonchev–Trinajstić information content (AvgIpc) is 3.21. The highest BCUT2D eigenvalue weighted by Gasteiger charge is 2.49. The summed E-state index contributed by atoms with van der Waals surface area (Å²) in [6, 6.07) is 13.0. The number of nitro groups is 1. The number of ether oxygens (including phenoxy) is 2. The molecule has 36 heavy (non-hydrogen) atoms. The van der Waals surface area contributed by atoms with Crippen LogP contribution >= 0.6 is 34.8 Å². The van der Waals surface area contributed by atoms with Crippen molar-refractivity contribution >= 4 is 57.5 Å². The Hall–Kier alpha value is -2.68. The molecule has 0 saturated carbocycles. The number of rotatable bonds is 4. The lowest BCUT2D eigenvalue weighted by atomic mass is 9.59. The summed E-state index contributed by atoms with van der Waals surface area (Å²) >= 11 is 17.3. The van der Waals surface area contributed by atoms with Gasteiger partial charge in [-0.25, -0.2) is 4.79 Å². The Labute approximate surface area is 222 Å². The first-order valence-electron chi connectivity index (χ1n) is 11.5. The predicted octanol–water partition coefficient (Wildman–Crippen LogP) is 5.95. The number of alkyl halides is 3. The molecule has 1 amide bonds. The number of carbonyl (C=O) groups excluding carboxylic acids is 1. The highest BCUT2D eigenvalue weighted by Crippen LogP contribution is 2.50. The van der Waals surface area contributed by atoms with Crippen LogP contribution in [0.2, 0.25) is 0 Å². The van der Waals surface area contributed by atoms with Gasteiger partial charge in [0.1, 0.15) is 12.4 Å². The molecular weight excluding hydrogens is 529 g/mol. The second-order valence-electron chi connectivity index (χ2n) is 9.40. The first kappa shape index (κ1) is 25.0. The lowest BCUT2D eigenvalue weighted by molar-refractivity contribution is -0.384. The lowest BCUT2D eigenvalue weighted by Crippen LogP contribution is -2.55. The molecule has 3 aromatic rings. The summed E-state index contributed by atoms with van der Waals surface area (Å²) < 4.78 is 9.09. The van der Waals surface area contributed by atoms with Crippen LogP contribution in [0.3, 0.4) is 0 Å². The van der Waals surface area contributed by atoms with E-state index in [1.54, 1.807) is 24.1 Å². The number of methoxy groups -OCH3 is 1. The molecule has 2 aromatic carbocycles. The highest BCUT2D eigenvalue weighted by atomic mass is 35.6. The zero-order valence-electron chi connectivity index (χ0n) is 19.4. The number of nitro benzene ring substituents is 1. The summed E-state index contributed by atoms with van der Waals surface area (Å²) in [6.45, 7) is 0.618. The van der Waals surface area contributed by atoms with Crippen molar-refractivity contribution in [1.29, 1.82) is 0 Å². The number of carbonyl (C=O) groups is 1. The first-order chi connectivity index (χ1) is 17.1. The van der Waals surface area contributed by atoms with Gasteiger partial charge < -0.3 is 19.4 Å². The van der Waals surface area contributed by atoms with Crippen LogP contribution in [-0.4, -0.2) is 51.5 Å². The molecule has 0 radical (unpaired) electrons. The molecule has 1 saturated heterocycles. The Kier molecular flexibility index (Phi) is 6.47. The van der Waals surface area contributed by atoms with Crippen molar-refractivity contribution in [1.82, 2.24) is 9.88 Å². The van der Waals surface area contributed by atoms with E-state index in [2.05, 4.69) is 17.1 Å². The van der Waals surface area contributed by atoms with Gasteiger partial charge >= 0.3 is 6.09 Å². The number of aromatic amines is 1. The third-order valence-electron chi connectivity index (χ3n) is 7.44. The summed E-state index contributed by atoms with van der Waals surface area (Å²) in [4.78, 5) is 28.9. The fourth-order valence-electron chi connectivity index (χ4n) is 5.74. The van der Waals surface area contributed by atoms with Gasteiger partial charge in [-0.2, -0.15) is 0 Å². The number of hydrogen-bond acceptors (Lipinski definition) is 5. The van der Waals surface area contributed by atoms with Gasteiger partial charge in [-0.3, -0.25) is 10.1 Å². The first-order valence-corrected chi connectivity index (χ1v) is 12.6. The zero-order chi connectivity index (χ0) is 25.7. The van der Waals surface area contributed by atoms with Gasteiger partial charge in [0.25, 0.3) is 5.69 Å². The summed E-state index contributed by atoms with van der Waals surface area (Å²) in [5, 5.41) is 12.3. The predicted molar refractivity (Wildman–Crippen MR) is 138 cm³/mol. The van der Waals surface area contributed by atoms with Crippen molar-refractivity contribution in [2.75, 3.05) is 26.8 Å². The van der Waals surface area contributed by atoms with Crippen LogP contribution in [-0.2, 0) is 23.0 Å². The number of amides is 1. The maximum Gasteiger partial charge on any atom is 0.409 e. The quantitative estimate of drug-likeness (QED) is 0.245. The molecule has 2 atom stereocenters. The maximum absolute atomic E-state index is 12.8. The molecule has 0 spiro atoms. The molecule has 1 N–H and O–H groups in total. The number of hydrogen-bond donors (Lipinski definition) is 1. The maximum atomic E-state index is 12.8. The molecule has 0 bridgehead atoms. The van der Waals surface area contributed by atoms with Crippen molar-refractivity contribution in [3.63, 3.8) is 0 Å². The van der Waals surface area contributed by atoms with E-state index in [1.165, 1.54) is 6.07 Å². The summed E-state index contributed by atoms with van der Waals surface area (Å²) in [5.74, 6) is 0.837. The Bertz CT molecular complexity index is 1340. The molecule has 5 rings (SSSR count). The SMILES string of the molecule is COc1cccc(C23CCN(C(=O)OCC(Cl)(Cl)Cl)CC2Cc2c([nH]c4cc([N+](=O)[O-])ccc24)C3)c1. The molecule has 190 valence electrons. The highest BCUT2D eigenvalue weighted by molar-refractivity contribution is 6.67. The Morgan fingerprint density at radius 3 is 2.81 bits per heavy atom. The van der Waals surface area contributed by atoms with Crippen molar-refractivity contribution in [2.45, 2.75) is 28.5 Å². The molecule has 8 nitrogen and oxygen atoms in total. The number of non-ortho nitro benzene ring substituents is 1. The number of piperidine rings is 1.